The fourth-order valence-corrected chi connectivity index (χ4v) is 3.67. The third-order valence-corrected chi connectivity index (χ3v) is 5.45. The SMILES string of the molecule is CCCc1ccc(C(=O)CCC(=O)Nc2ccc(N3CCOCC3)cc2C(=O)OC)cc1. The zero-order valence-electron chi connectivity index (χ0n) is 18.7. The molecule has 1 aliphatic rings. The van der Waals surface area contributed by atoms with Gasteiger partial charge >= 0.3 is 5.97 Å². The number of methoxy groups -OCH3 is 1. The molecule has 1 amide bonds. The summed E-state index contributed by atoms with van der Waals surface area (Å²) in [6.45, 7) is 4.82. The normalized spacial score (nSPS) is 13.5. The van der Waals surface area contributed by atoms with Gasteiger partial charge in [-0.15, -0.1) is 0 Å². The first kappa shape index (κ1) is 23.5. The number of anilines is 2. The van der Waals surface area contributed by atoms with Crippen LogP contribution in [0.2, 0.25) is 0 Å². The Bertz CT molecular complexity index is 949. The highest BCUT2D eigenvalue weighted by Crippen LogP contribution is 2.25. The van der Waals surface area contributed by atoms with Crippen LogP contribution in [0, 0.1) is 0 Å². The number of hydrogen-bond donors (Lipinski definition) is 1. The maximum atomic E-state index is 12.5. The monoisotopic (exact) mass is 438 g/mol. The smallest absolute Gasteiger partial charge is 0.340 e. The Morgan fingerprint density at radius 3 is 2.41 bits per heavy atom. The molecule has 170 valence electrons. The minimum Gasteiger partial charge on any atom is -0.465 e. The van der Waals surface area contributed by atoms with E-state index in [9.17, 15) is 14.4 Å². The number of rotatable bonds is 9. The second-order valence-electron chi connectivity index (χ2n) is 7.74. The Kier molecular flexibility index (Phi) is 8.39. The molecule has 1 N–H and O–H groups in total. The number of carbonyl (C=O) groups excluding carboxylic acids is 3. The average molecular weight is 439 g/mol. The number of hydrogen-bond acceptors (Lipinski definition) is 6. The van der Waals surface area contributed by atoms with Crippen molar-refractivity contribution in [3.05, 3.63) is 59.2 Å². The molecule has 0 saturated carbocycles. The van der Waals surface area contributed by atoms with E-state index in [-0.39, 0.29) is 30.1 Å². The van der Waals surface area contributed by atoms with Crippen molar-refractivity contribution in [1.29, 1.82) is 0 Å². The van der Waals surface area contributed by atoms with Crippen LogP contribution in [0.3, 0.4) is 0 Å². The summed E-state index contributed by atoms with van der Waals surface area (Å²) in [5.74, 6) is -0.942. The lowest BCUT2D eigenvalue weighted by atomic mass is 10.0. The Morgan fingerprint density at radius 2 is 1.75 bits per heavy atom. The van der Waals surface area contributed by atoms with Gasteiger partial charge in [0.05, 0.1) is 31.6 Å². The average Bonchev–Trinajstić information content (AvgIpc) is 2.83. The fourth-order valence-electron chi connectivity index (χ4n) is 3.67. The van der Waals surface area contributed by atoms with E-state index in [1.54, 1.807) is 12.1 Å². The van der Waals surface area contributed by atoms with Crippen molar-refractivity contribution < 1.29 is 23.9 Å². The van der Waals surface area contributed by atoms with Crippen LogP contribution in [0.5, 0.6) is 0 Å². The van der Waals surface area contributed by atoms with Crippen molar-refractivity contribution in [3.8, 4) is 0 Å². The maximum absolute atomic E-state index is 12.5. The summed E-state index contributed by atoms with van der Waals surface area (Å²) in [7, 11) is 1.31. The molecule has 0 bridgehead atoms. The Labute approximate surface area is 188 Å². The van der Waals surface area contributed by atoms with Gasteiger partial charge in [0, 0.05) is 37.2 Å². The van der Waals surface area contributed by atoms with Crippen molar-refractivity contribution >= 4 is 29.0 Å². The molecule has 7 nitrogen and oxygen atoms in total. The minimum atomic E-state index is -0.529. The molecule has 0 aliphatic carbocycles. The number of Topliss-reactive ketones (excluding diaryl/α,β-unsaturated/α-hetero) is 1. The largest absolute Gasteiger partial charge is 0.465 e. The van der Waals surface area contributed by atoms with Crippen LogP contribution in [0.1, 0.15) is 52.5 Å². The van der Waals surface area contributed by atoms with Gasteiger partial charge in [-0.2, -0.15) is 0 Å². The molecule has 0 aromatic heterocycles. The van der Waals surface area contributed by atoms with Crippen LogP contribution in [-0.4, -0.2) is 51.1 Å². The van der Waals surface area contributed by atoms with E-state index in [1.807, 2.05) is 30.3 Å². The van der Waals surface area contributed by atoms with Crippen LogP contribution in [0.25, 0.3) is 0 Å². The van der Waals surface area contributed by atoms with Gasteiger partial charge in [-0.3, -0.25) is 9.59 Å². The standard InChI is InChI=1S/C25H30N2O5/c1-3-4-18-5-7-19(8-6-18)23(28)11-12-24(29)26-22-10-9-20(17-21(22)25(30)31-2)27-13-15-32-16-14-27/h5-10,17H,3-4,11-16H2,1-2H3,(H,26,29). The molecule has 0 radical (unpaired) electrons. The second-order valence-corrected chi connectivity index (χ2v) is 7.74. The number of benzene rings is 2. The van der Waals surface area contributed by atoms with Crippen LogP contribution in [0.4, 0.5) is 11.4 Å². The van der Waals surface area contributed by atoms with Gasteiger partial charge in [0.1, 0.15) is 0 Å². The molecule has 1 aliphatic heterocycles. The molecular weight excluding hydrogens is 408 g/mol. The molecule has 1 heterocycles. The highest BCUT2D eigenvalue weighted by atomic mass is 16.5. The third-order valence-electron chi connectivity index (χ3n) is 5.45. The summed E-state index contributed by atoms with van der Waals surface area (Å²) in [5, 5.41) is 2.75. The molecule has 2 aromatic rings. The van der Waals surface area contributed by atoms with E-state index < -0.39 is 5.97 Å². The van der Waals surface area contributed by atoms with E-state index in [1.165, 1.54) is 12.7 Å². The third kappa shape index (κ3) is 6.17. The number of nitrogens with zero attached hydrogens (tertiary/aromatic N) is 1. The van der Waals surface area contributed by atoms with E-state index in [0.29, 0.717) is 24.5 Å². The predicted molar refractivity (Wildman–Crippen MR) is 123 cm³/mol. The van der Waals surface area contributed by atoms with Crippen molar-refractivity contribution in [3.63, 3.8) is 0 Å². The highest BCUT2D eigenvalue weighted by Gasteiger charge is 2.19. The summed E-state index contributed by atoms with van der Waals surface area (Å²) in [6, 6.07) is 12.8. The number of amides is 1. The first-order valence-electron chi connectivity index (χ1n) is 11.0. The van der Waals surface area contributed by atoms with Crippen molar-refractivity contribution in [2.45, 2.75) is 32.6 Å². The van der Waals surface area contributed by atoms with Crippen LogP contribution >= 0.6 is 0 Å². The van der Waals surface area contributed by atoms with Crippen LogP contribution in [0.15, 0.2) is 42.5 Å². The highest BCUT2D eigenvalue weighted by molar-refractivity contribution is 6.04. The summed E-state index contributed by atoms with van der Waals surface area (Å²) in [4.78, 5) is 39.4. The molecule has 0 atom stereocenters. The van der Waals surface area contributed by atoms with Crippen molar-refractivity contribution in [2.75, 3.05) is 43.6 Å². The number of esters is 1. The first-order chi connectivity index (χ1) is 15.5. The lowest BCUT2D eigenvalue weighted by molar-refractivity contribution is -0.116. The molecular formula is C25H30N2O5. The number of ketones is 1. The van der Waals surface area contributed by atoms with Crippen LogP contribution in [-0.2, 0) is 20.7 Å². The molecule has 2 aromatic carbocycles. The van der Waals surface area contributed by atoms with E-state index in [4.69, 9.17) is 9.47 Å². The number of nitrogens with one attached hydrogen (secondary N) is 1. The summed E-state index contributed by atoms with van der Waals surface area (Å²) >= 11 is 0. The Hall–Kier alpha value is -3.19. The topological polar surface area (TPSA) is 84.9 Å². The molecule has 3 rings (SSSR count). The minimum absolute atomic E-state index is 0.0291. The molecule has 0 spiro atoms. The van der Waals surface area contributed by atoms with Gasteiger partial charge in [-0.05, 0) is 30.2 Å². The molecule has 1 fully saturated rings. The predicted octanol–water partition coefficient (Wildman–Crippen LogP) is 3.86. The van der Waals surface area contributed by atoms with E-state index in [2.05, 4.69) is 17.1 Å². The van der Waals surface area contributed by atoms with Gasteiger partial charge in [-0.25, -0.2) is 4.79 Å². The van der Waals surface area contributed by atoms with E-state index in [0.717, 1.165) is 31.6 Å². The number of morpholine rings is 1. The zero-order valence-corrected chi connectivity index (χ0v) is 18.7. The second kappa shape index (κ2) is 11.4. The van der Waals surface area contributed by atoms with Gasteiger partial charge < -0.3 is 19.7 Å². The van der Waals surface area contributed by atoms with Crippen molar-refractivity contribution in [1.82, 2.24) is 0 Å². The lowest BCUT2D eigenvalue weighted by Crippen LogP contribution is -2.36. The first-order valence-corrected chi connectivity index (χ1v) is 11.0. The summed E-state index contributed by atoms with van der Waals surface area (Å²) in [6.07, 6.45) is 2.15. The summed E-state index contributed by atoms with van der Waals surface area (Å²) < 4.78 is 10.3. The Balaban J connectivity index is 1.63. The van der Waals surface area contributed by atoms with E-state index >= 15 is 0 Å². The summed E-state index contributed by atoms with van der Waals surface area (Å²) in [5.41, 5.74) is 3.31. The van der Waals surface area contributed by atoms with Gasteiger partial charge in [-0.1, -0.05) is 37.6 Å². The maximum Gasteiger partial charge on any atom is 0.340 e. The number of ether oxygens (including phenoxy) is 2. The Morgan fingerprint density at radius 1 is 1.03 bits per heavy atom. The zero-order chi connectivity index (χ0) is 22.9. The number of carbonyl (C=O) groups is 3. The lowest BCUT2D eigenvalue weighted by Gasteiger charge is -2.29. The number of aryl methyl sites for hydroxylation is 1. The molecule has 7 heteroatoms. The molecule has 1 saturated heterocycles. The van der Waals surface area contributed by atoms with Gasteiger partial charge in [0.2, 0.25) is 5.91 Å². The molecule has 32 heavy (non-hydrogen) atoms. The quantitative estimate of drug-likeness (QED) is 0.473. The van der Waals surface area contributed by atoms with Crippen LogP contribution < -0.4 is 10.2 Å². The molecule has 0 unspecified atom stereocenters. The van der Waals surface area contributed by atoms with Gasteiger partial charge in [0.25, 0.3) is 0 Å². The van der Waals surface area contributed by atoms with Crippen molar-refractivity contribution in [2.24, 2.45) is 0 Å². The van der Waals surface area contributed by atoms with Gasteiger partial charge in [0.15, 0.2) is 5.78 Å². The fraction of sp³-hybridized carbons (Fsp3) is 0.400.